The molecular formula is C13H13N3O3. The molecule has 2 rings (SSSR count). The molecule has 0 amide bonds. The number of nitrogens with zero attached hydrogens (tertiary/aromatic N) is 2. The molecule has 0 fully saturated rings. The van der Waals surface area contributed by atoms with Gasteiger partial charge in [-0.2, -0.15) is 0 Å². The SMILES string of the molecule is Cc1ccncc1-c1cn(CCC=O)c(=O)[nH]c1=O. The minimum absolute atomic E-state index is 0.220. The predicted molar refractivity (Wildman–Crippen MR) is 70.0 cm³/mol. The first-order valence-corrected chi connectivity index (χ1v) is 5.82. The van der Waals surface area contributed by atoms with Gasteiger partial charge in [0.15, 0.2) is 0 Å². The standard InChI is InChI=1S/C13H13N3O3/c1-9-3-4-14-7-10(9)11-8-16(5-2-6-17)13(19)15-12(11)18/h3-4,6-8H,2,5H2,1H3,(H,15,18,19). The molecule has 0 atom stereocenters. The molecule has 0 unspecified atom stereocenters. The van der Waals surface area contributed by atoms with Crippen molar-refractivity contribution in [1.82, 2.24) is 14.5 Å². The van der Waals surface area contributed by atoms with Gasteiger partial charge in [0.2, 0.25) is 0 Å². The average molecular weight is 259 g/mol. The summed E-state index contributed by atoms with van der Waals surface area (Å²) in [7, 11) is 0. The molecule has 6 heteroatoms. The van der Waals surface area contributed by atoms with Crippen LogP contribution in [0.1, 0.15) is 12.0 Å². The lowest BCUT2D eigenvalue weighted by atomic mass is 10.1. The molecule has 2 aromatic rings. The Labute approximate surface area is 108 Å². The maximum absolute atomic E-state index is 11.9. The van der Waals surface area contributed by atoms with E-state index >= 15 is 0 Å². The number of aldehydes is 1. The van der Waals surface area contributed by atoms with Crippen LogP contribution >= 0.6 is 0 Å². The zero-order chi connectivity index (χ0) is 13.8. The maximum atomic E-state index is 11.9. The van der Waals surface area contributed by atoms with Gasteiger partial charge >= 0.3 is 5.69 Å². The smallest absolute Gasteiger partial charge is 0.303 e. The van der Waals surface area contributed by atoms with Crippen LogP contribution in [0.2, 0.25) is 0 Å². The van der Waals surface area contributed by atoms with Crippen molar-refractivity contribution in [3.63, 3.8) is 0 Å². The minimum Gasteiger partial charge on any atom is -0.303 e. The van der Waals surface area contributed by atoms with E-state index in [4.69, 9.17) is 0 Å². The third-order valence-corrected chi connectivity index (χ3v) is 2.83. The quantitative estimate of drug-likeness (QED) is 0.810. The van der Waals surface area contributed by atoms with Gasteiger partial charge in [-0.1, -0.05) is 0 Å². The molecule has 0 radical (unpaired) electrons. The van der Waals surface area contributed by atoms with Gasteiger partial charge in [-0.3, -0.25) is 19.3 Å². The van der Waals surface area contributed by atoms with Crippen molar-refractivity contribution >= 4 is 6.29 Å². The first kappa shape index (κ1) is 12.9. The second-order valence-corrected chi connectivity index (χ2v) is 4.14. The van der Waals surface area contributed by atoms with Crippen LogP contribution in [-0.2, 0) is 11.3 Å². The number of rotatable bonds is 4. The Morgan fingerprint density at radius 2 is 2.16 bits per heavy atom. The Bertz CT molecular complexity index is 716. The number of hydrogen-bond acceptors (Lipinski definition) is 4. The zero-order valence-corrected chi connectivity index (χ0v) is 10.4. The van der Waals surface area contributed by atoms with Gasteiger partial charge in [-0.25, -0.2) is 4.79 Å². The number of aryl methyl sites for hydroxylation is 2. The van der Waals surface area contributed by atoms with E-state index in [1.54, 1.807) is 18.5 Å². The minimum atomic E-state index is -0.517. The Hall–Kier alpha value is -2.50. The highest BCUT2D eigenvalue weighted by Gasteiger charge is 2.09. The molecule has 0 aromatic carbocycles. The normalized spacial score (nSPS) is 10.4. The molecule has 2 aromatic heterocycles. The molecule has 6 nitrogen and oxygen atoms in total. The van der Waals surface area contributed by atoms with Gasteiger partial charge in [-0.05, 0) is 18.6 Å². The van der Waals surface area contributed by atoms with Crippen molar-refractivity contribution in [3.8, 4) is 11.1 Å². The van der Waals surface area contributed by atoms with Crippen LogP contribution in [0, 0.1) is 6.92 Å². The van der Waals surface area contributed by atoms with Crippen molar-refractivity contribution in [2.24, 2.45) is 0 Å². The monoisotopic (exact) mass is 259 g/mol. The Kier molecular flexibility index (Phi) is 3.70. The fourth-order valence-corrected chi connectivity index (χ4v) is 1.81. The van der Waals surface area contributed by atoms with E-state index in [0.29, 0.717) is 11.1 Å². The number of pyridine rings is 1. The topological polar surface area (TPSA) is 84.8 Å². The summed E-state index contributed by atoms with van der Waals surface area (Å²) < 4.78 is 1.32. The van der Waals surface area contributed by atoms with Gasteiger partial charge in [0.1, 0.15) is 6.29 Å². The second-order valence-electron chi connectivity index (χ2n) is 4.14. The van der Waals surface area contributed by atoms with Crippen LogP contribution in [0.4, 0.5) is 0 Å². The number of carbonyl (C=O) groups excluding carboxylic acids is 1. The number of H-pyrrole nitrogens is 1. The molecular weight excluding hydrogens is 246 g/mol. The van der Waals surface area contributed by atoms with Crippen LogP contribution in [-0.4, -0.2) is 20.8 Å². The van der Waals surface area contributed by atoms with Crippen molar-refractivity contribution in [2.75, 3.05) is 0 Å². The van der Waals surface area contributed by atoms with E-state index in [1.165, 1.54) is 10.8 Å². The van der Waals surface area contributed by atoms with E-state index in [2.05, 4.69) is 9.97 Å². The number of nitrogens with one attached hydrogen (secondary N) is 1. The number of carbonyl (C=O) groups is 1. The first-order chi connectivity index (χ1) is 9.13. The third-order valence-electron chi connectivity index (χ3n) is 2.83. The lowest BCUT2D eigenvalue weighted by Crippen LogP contribution is -2.30. The Balaban J connectivity index is 2.58. The van der Waals surface area contributed by atoms with E-state index in [0.717, 1.165) is 11.8 Å². The molecule has 0 saturated carbocycles. The molecule has 0 saturated heterocycles. The summed E-state index contributed by atoms with van der Waals surface area (Å²) >= 11 is 0. The molecule has 0 spiro atoms. The average Bonchev–Trinajstić information content (AvgIpc) is 2.39. The van der Waals surface area contributed by atoms with Gasteiger partial charge in [0, 0.05) is 37.1 Å². The summed E-state index contributed by atoms with van der Waals surface area (Å²) in [5.41, 5.74) is 0.960. The fourth-order valence-electron chi connectivity index (χ4n) is 1.81. The Morgan fingerprint density at radius 3 is 2.84 bits per heavy atom. The number of hydrogen-bond donors (Lipinski definition) is 1. The van der Waals surface area contributed by atoms with Crippen molar-refractivity contribution in [2.45, 2.75) is 19.9 Å². The van der Waals surface area contributed by atoms with Crippen LogP contribution < -0.4 is 11.2 Å². The lowest BCUT2D eigenvalue weighted by molar-refractivity contribution is -0.108. The van der Waals surface area contributed by atoms with Gasteiger partial charge in [0.25, 0.3) is 5.56 Å². The summed E-state index contributed by atoms with van der Waals surface area (Å²) in [6.45, 7) is 2.10. The summed E-state index contributed by atoms with van der Waals surface area (Å²) in [5, 5.41) is 0. The number of aromatic nitrogens is 3. The molecule has 0 aliphatic rings. The largest absolute Gasteiger partial charge is 0.328 e. The highest BCUT2D eigenvalue weighted by atomic mass is 16.2. The van der Waals surface area contributed by atoms with Gasteiger partial charge < -0.3 is 4.79 Å². The zero-order valence-electron chi connectivity index (χ0n) is 10.4. The molecule has 98 valence electrons. The van der Waals surface area contributed by atoms with Crippen molar-refractivity contribution in [3.05, 3.63) is 51.1 Å². The van der Waals surface area contributed by atoms with Crippen LogP contribution in [0.15, 0.2) is 34.2 Å². The molecule has 2 heterocycles. The summed E-state index contributed by atoms with van der Waals surface area (Å²) in [4.78, 5) is 40.0. The Morgan fingerprint density at radius 1 is 1.37 bits per heavy atom. The van der Waals surface area contributed by atoms with E-state index in [-0.39, 0.29) is 13.0 Å². The van der Waals surface area contributed by atoms with Gasteiger partial charge in [0.05, 0.1) is 5.56 Å². The van der Waals surface area contributed by atoms with Crippen molar-refractivity contribution in [1.29, 1.82) is 0 Å². The maximum Gasteiger partial charge on any atom is 0.328 e. The summed E-state index contributed by atoms with van der Waals surface area (Å²) in [5.74, 6) is 0. The lowest BCUT2D eigenvalue weighted by Gasteiger charge is -2.07. The summed E-state index contributed by atoms with van der Waals surface area (Å²) in [6.07, 6.45) is 5.63. The highest BCUT2D eigenvalue weighted by Crippen LogP contribution is 2.17. The predicted octanol–water partition coefficient (Wildman–Crippen LogP) is 0.496. The van der Waals surface area contributed by atoms with Crippen molar-refractivity contribution < 1.29 is 4.79 Å². The molecule has 0 aliphatic heterocycles. The van der Waals surface area contributed by atoms with E-state index in [1.807, 2.05) is 6.92 Å². The second kappa shape index (κ2) is 5.43. The number of aromatic amines is 1. The fraction of sp³-hybridized carbons (Fsp3) is 0.231. The van der Waals surface area contributed by atoms with Crippen LogP contribution in [0.5, 0.6) is 0 Å². The highest BCUT2D eigenvalue weighted by molar-refractivity contribution is 5.64. The third kappa shape index (κ3) is 2.67. The molecule has 19 heavy (non-hydrogen) atoms. The van der Waals surface area contributed by atoms with Crippen LogP contribution in [0.3, 0.4) is 0 Å². The molecule has 1 N–H and O–H groups in total. The van der Waals surface area contributed by atoms with Gasteiger partial charge in [-0.15, -0.1) is 0 Å². The van der Waals surface area contributed by atoms with E-state index < -0.39 is 11.2 Å². The molecule has 0 aliphatic carbocycles. The van der Waals surface area contributed by atoms with Crippen LogP contribution in [0.25, 0.3) is 11.1 Å². The van der Waals surface area contributed by atoms with E-state index in [9.17, 15) is 14.4 Å². The summed E-state index contributed by atoms with van der Waals surface area (Å²) in [6, 6.07) is 1.79. The molecule has 0 bridgehead atoms. The first-order valence-electron chi connectivity index (χ1n) is 5.82.